The van der Waals surface area contributed by atoms with Gasteiger partial charge in [0.2, 0.25) is 0 Å². The number of hydrogen-bond donors (Lipinski definition) is 0. The van der Waals surface area contributed by atoms with Crippen LogP contribution in [0.15, 0.2) is 18.2 Å². The smallest absolute Gasteiger partial charge is 0.458 e. The van der Waals surface area contributed by atoms with Crippen LogP contribution < -0.4 is 4.74 Å². The van der Waals surface area contributed by atoms with Crippen LogP contribution in [0.4, 0.5) is 22.0 Å². The maximum Gasteiger partial charge on any atom is 0.458 e. The maximum absolute atomic E-state index is 13.1. The summed E-state index contributed by atoms with van der Waals surface area (Å²) in [4.78, 5) is 11.1. The van der Waals surface area contributed by atoms with Crippen LogP contribution in [0.25, 0.3) is 0 Å². The zero-order valence-electron chi connectivity index (χ0n) is 9.44. The Balaban J connectivity index is 3.37. The molecule has 7 heteroatoms. The lowest BCUT2D eigenvalue weighted by molar-refractivity contribution is -0.289. The molecular formula is C11H9F5O2. The minimum absolute atomic E-state index is 0.0516. The first-order chi connectivity index (χ1) is 8.11. The second kappa shape index (κ2) is 4.55. The van der Waals surface area contributed by atoms with Crippen LogP contribution >= 0.6 is 0 Å². The molecule has 1 aromatic rings. The highest BCUT2D eigenvalue weighted by molar-refractivity contribution is 5.97. The molecule has 1 aromatic carbocycles. The van der Waals surface area contributed by atoms with E-state index in [1.165, 1.54) is 7.11 Å². The lowest BCUT2D eigenvalue weighted by Crippen LogP contribution is -2.33. The summed E-state index contributed by atoms with van der Waals surface area (Å²) in [5.41, 5.74) is -1.61. The van der Waals surface area contributed by atoms with E-state index in [0.29, 0.717) is 12.1 Å². The molecule has 2 nitrogen and oxygen atoms in total. The lowest BCUT2D eigenvalue weighted by Gasteiger charge is -2.20. The van der Waals surface area contributed by atoms with Gasteiger partial charge in [-0.05, 0) is 25.1 Å². The van der Waals surface area contributed by atoms with Gasteiger partial charge >= 0.3 is 12.1 Å². The minimum atomic E-state index is -5.71. The number of carbonyl (C=O) groups is 1. The molecule has 0 fully saturated rings. The van der Waals surface area contributed by atoms with E-state index in [4.69, 9.17) is 4.74 Å². The molecule has 1 rings (SSSR count). The second-order valence-corrected chi connectivity index (χ2v) is 3.54. The summed E-state index contributed by atoms with van der Waals surface area (Å²) in [7, 11) is 1.18. The predicted octanol–water partition coefficient (Wildman–Crippen LogP) is 3.55. The number of benzene rings is 1. The van der Waals surface area contributed by atoms with E-state index in [1.807, 2.05) is 0 Å². The Morgan fingerprint density at radius 3 is 2.11 bits per heavy atom. The third-order valence-electron chi connectivity index (χ3n) is 2.30. The molecule has 0 saturated heterocycles. The van der Waals surface area contributed by atoms with E-state index >= 15 is 0 Å². The SMILES string of the molecule is COc1ccc(C(F)(F)C(F)(F)F)cc1C(C)=O. The maximum atomic E-state index is 13.1. The van der Waals surface area contributed by atoms with Crippen molar-refractivity contribution in [2.75, 3.05) is 7.11 Å². The Hall–Kier alpha value is -1.66. The molecule has 0 heterocycles. The molecule has 0 atom stereocenters. The first-order valence-corrected chi connectivity index (χ1v) is 4.75. The number of methoxy groups -OCH3 is 1. The van der Waals surface area contributed by atoms with Gasteiger partial charge in [-0.25, -0.2) is 0 Å². The first kappa shape index (κ1) is 14.4. The molecule has 0 aliphatic rings. The predicted molar refractivity (Wildman–Crippen MR) is 52.9 cm³/mol. The van der Waals surface area contributed by atoms with Crippen LogP contribution in [0, 0.1) is 0 Å². The van der Waals surface area contributed by atoms with E-state index in [0.717, 1.165) is 13.0 Å². The van der Waals surface area contributed by atoms with Gasteiger partial charge < -0.3 is 4.74 Å². The van der Waals surface area contributed by atoms with Crippen LogP contribution in [0.3, 0.4) is 0 Å². The molecule has 0 radical (unpaired) electrons. The molecule has 0 unspecified atom stereocenters. The second-order valence-electron chi connectivity index (χ2n) is 3.54. The molecule has 0 aromatic heterocycles. The third kappa shape index (κ3) is 2.44. The van der Waals surface area contributed by atoms with Gasteiger partial charge in [0.1, 0.15) is 5.75 Å². The quantitative estimate of drug-likeness (QED) is 0.619. The number of hydrogen-bond acceptors (Lipinski definition) is 2. The first-order valence-electron chi connectivity index (χ1n) is 4.75. The molecule has 0 bridgehead atoms. The summed E-state index contributed by atoms with van der Waals surface area (Å²) in [6.45, 7) is 1.05. The number of rotatable bonds is 3. The highest BCUT2D eigenvalue weighted by atomic mass is 19.4. The molecule has 0 N–H and O–H groups in total. The molecule has 0 aliphatic carbocycles. The molecular weight excluding hydrogens is 259 g/mol. The van der Waals surface area contributed by atoms with Gasteiger partial charge in [-0.2, -0.15) is 22.0 Å². The fraction of sp³-hybridized carbons (Fsp3) is 0.364. The van der Waals surface area contributed by atoms with Crippen LogP contribution in [0.2, 0.25) is 0 Å². The molecule has 0 saturated carbocycles. The van der Waals surface area contributed by atoms with Crippen molar-refractivity contribution in [1.82, 2.24) is 0 Å². The van der Waals surface area contributed by atoms with Crippen molar-refractivity contribution in [2.24, 2.45) is 0 Å². The molecule has 18 heavy (non-hydrogen) atoms. The van der Waals surface area contributed by atoms with Crippen molar-refractivity contribution < 1.29 is 31.5 Å². The molecule has 0 amide bonds. The minimum Gasteiger partial charge on any atom is -0.496 e. The van der Waals surface area contributed by atoms with Crippen molar-refractivity contribution in [2.45, 2.75) is 19.0 Å². The van der Waals surface area contributed by atoms with E-state index in [-0.39, 0.29) is 11.3 Å². The van der Waals surface area contributed by atoms with Crippen molar-refractivity contribution in [3.8, 4) is 5.75 Å². The fourth-order valence-electron chi connectivity index (χ4n) is 1.34. The number of carbonyl (C=O) groups excluding carboxylic acids is 1. The van der Waals surface area contributed by atoms with Crippen LogP contribution in [-0.4, -0.2) is 19.1 Å². The Morgan fingerprint density at radius 1 is 1.17 bits per heavy atom. The van der Waals surface area contributed by atoms with E-state index in [2.05, 4.69) is 0 Å². The summed E-state index contributed by atoms with van der Waals surface area (Å²) in [5, 5.41) is 0. The standard InChI is InChI=1S/C11H9F5O2/c1-6(17)8-5-7(3-4-9(8)18-2)10(12,13)11(14,15)16/h3-5H,1-2H3. The summed E-state index contributed by atoms with van der Waals surface area (Å²) < 4.78 is 67.3. The molecule has 0 spiro atoms. The van der Waals surface area contributed by atoms with Gasteiger partial charge in [-0.1, -0.05) is 0 Å². The van der Waals surface area contributed by atoms with Gasteiger partial charge in [0.05, 0.1) is 12.7 Å². The van der Waals surface area contributed by atoms with Crippen LogP contribution in [-0.2, 0) is 5.92 Å². The van der Waals surface area contributed by atoms with E-state index in [1.54, 1.807) is 0 Å². The zero-order chi connectivity index (χ0) is 14.1. The van der Waals surface area contributed by atoms with E-state index in [9.17, 15) is 26.7 Å². The largest absolute Gasteiger partial charge is 0.496 e. The zero-order valence-corrected chi connectivity index (χ0v) is 9.44. The Morgan fingerprint density at radius 2 is 1.72 bits per heavy atom. The van der Waals surface area contributed by atoms with Gasteiger partial charge in [-0.15, -0.1) is 0 Å². The Labute approximate surface area is 99.4 Å². The van der Waals surface area contributed by atoms with Gasteiger partial charge in [-0.3, -0.25) is 4.79 Å². The van der Waals surface area contributed by atoms with Gasteiger partial charge in [0.25, 0.3) is 0 Å². The number of alkyl halides is 5. The number of halogens is 5. The number of Topliss-reactive ketones (excluding diaryl/α,β-unsaturated/α-hetero) is 1. The number of ketones is 1. The van der Waals surface area contributed by atoms with Crippen LogP contribution in [0.5, 0.6) is 5.75 Å². The topological polar surface area (TPSA) is 26.3 Å². The lowest BCUT2D eigenvalue weighted by atomic mass is 10.0. The fourth-order valence-corrected chi connectivity index (χ4v) is 1.34. The van der Waals surface area contributed by atoms with Crippen LogP contribution in [0.1, 0.15) is 22.8 Å². The van der Waals surface area contributed by atoms with Crippen molar-refractivity contribution in [3.05, 3.63) is 29.3 Å². The highest BCUT2D eigenvalue weighted by Gasteiger charge is 2.58. The van der Waals surface area contributed by atoms with Crippen molar-refractivity contribution in [3.63, 3.8) is 0 Å². The van der Waals surface area contributed by atoms with Crippen molar-refractivity contribution in [1.29, 1.82) is 0 Å². The normalized spacial score (nSPS) is 12.4. The monoisotopic (exact) mass is 268 g/mol. The Kier molecular flexibility index (Phi) is 3.64. The highest BCUT2D eigenvalue weighted by Crippen LogP contribution is 2.44. The summed E-state index contributed by atoms with van der Waals surface area (Å²) >= 11 is 0. The summed E-state index contributed by atoms with van der Waals surface area (Å²) in [6, 6.07) is 1.99. The summed E-state index contributed by atoms with van der Waals surface area (Å²) in [6.07, 6.45) is -5.71. The number of ether oxygens (including phenoxy) is 1. The van der Waals surface area contributed by atoms with Gasteiger partial charge in [0, 0.05) is 5.56 Å². The molecule has 100 valence electrons. The average Bonchev–Trinajstić information content (AvgIpc) is 2.26. The van der Waals surface area contributed by atoms with Crippen molar-refractivity contribution >= 4 is 5.78 Å². The Bertz CT molecular complexity index is 465. The third-order valence-corrected chi connectivity index (χ3v) is 2.30. The summed E-state index contributed by atoms with van der Waals surface area (Å²) in [5.74, 6) is -5.72. The van der Waals surface area contributed by atoms with Gasteiger partial charge in [0.15, 0.2) is 5.78 Å². The van der Waals surface area contributed by atoms with E-state index < -0.39 is 23.4 Å². The molecule has 0 aliphatic heterocycles. The average molecular weight is 268 g/mol.